The van der Waals surface area contributed by atoms with Gasteiger partial charge in [0.25, 0.3) is 0 Å². The summed E-state index contributed by atoms with van der Waals surface area (Å²) >= 11 is 0. The van der Waals surface area contributed by atoms with Crippen molar-refractivity contribution in [3.05, 3.63) is 11.9 Å². The van der Waals surface area contributed by atoms with Crippen LogP contribution in [0.15, 0.2) is 6.20 Å². The number of rotatable bonds is 7. The van der Waals surface area contributed by atoms with E-state index in [-0.39, 0.29) is 19.1 Å². The quantitative estimate of drug-likeness (QED) is 0.636. The number of carbonyl (C=O) groups is 1. The van der Waals surface area contributed by atoms with Crippen LogP contribution < -0.4 is 5.73 Å². The molecule has 3 N–H and O–H groups in total. The fraction of sp³-hybridized carbons (Fsp3) is 0.700. The Balaban J connectivity index is 2.56. The first-order valence-corrected chi connectivity index (χ1v) is 5.69. The van der Waals surface area contributed by atoms with E-state index in [0.29, 0.717) is 25.3 Å². The lowest BCUT2D eigenvalue weighted by Crippen LogP contribution is -2.36. The minimum atomic E-state index is -0.0747. The van der Waals surface area contributed by atoms with Crippen LogP contribution in [-0.2, 0) is 17.9 Å². The molecule has 0 aromatic carbocycles. The smallest absolute Gasteiger partial charge is 0.244 e. The Kier molecular flexibility index (Phi) is 5.58. The molecule has 0 saturated carbocycles. The first-order chi connectivity index (χ1) is 8.21. The Morgan fingerprint density at radius 1 is 1.59 bits per heavy atom. The minimum Gasteiger partial charge on any atom is -0.395 e. The molecule has 0 atom stereocenters. The normalized spacial score (nSPS) is 10.5. The van der Waals surface area contributed by atoms with Gasteiger partial charge in [0.15, 0.2) is 0 Å². The van der Waals surface area contributed by atoms with Crippen LogP contribution in [0.25, 0.3) is 0 Å². The molecule has 0 spiro atoms. The summed E-state index contributed by atoms with van der Waals surface area (Å²) in [4.78, 5) is 13.5. The molecule has 17 heavy (non-hydrogen) atoms. The van der Waals surface area contributed by atoms with Gasteiger partial charge in [0.05, 0.1) is 18.5 Å². The van der Waals surface area contributed by atoms with Crippen LogP contribution in [0.5, 0.6) is 0 Å². The lowest BCUT2D eigenvalue weighted by atomic mass is 10.4. The van der Waals surface area contributed by atoms with Crippen molar-refractivity contribution in [2.75, 3.05) is 19.7 Å². The maximum Gasteiger partial charge on any atom is 0.244 e. The largest absolute Gasteiger partial charge is 0.395 e. The predicted molar refractivity (Wildman–Crippen MR) is 61.9 cm³/mol. The minimum absolute atomic E-state index is 0.0306. The zero-order chi connectivity index (χ0) is 12.7. The number of hydrogen-bond acceptors (Lipinski definition) is 5. The van der Waals surface area contributed by atoms with Gasteiger partial charge in [0, 0.05) is 19.6 Å². The molecule has 7 nitrogen and oxygen atoms in total. The number of nitrogens with zero attached hydrogens (tertiary/aromatic N) is 4. The zero-order valence-electron chi connectivity index (χ0n) is 10.0. The van der Waals surface area contributed by atoms with Crippen molar-refractivity contribution in [2.24, 2.45) is 5.73 Å². The summed E-state index contributed by atoms with van der Waals surface area (Å²) in [5.41, 5.74) is 6.06. The molecule has 0 aliphatic rings. The molecule has 0 fully saturated rings. The highest BCUT2D eigenvalue weighted by Crippen LogP contribution is 1.97. The number of carbonyl (C=O) groups excluding carboxylic acids is 1. The monoisotopic (exact) mass is 241 g/mol. The van der Waals surface area contributed by atoms with E-state index < -0.39 is 0 Å². The molecule has 0 radical (unpaired) electrons. The maximum atomic E-state index is 11.9. The Morgan fingerprint density at radius 2 is 2.35 bits per heavy atom. The number of amides is 1. The van der Waals surface area contributed by atoms with Gasteiger partial charge in [0.1, 0.15) is 6.54 Å². The Hall–Kier alpha value is -1.47. The number of hydrogen-bond donors (Lipinski definition) is 2. The van der Waals surface area contributed by atoms with Crippen LogP contribution >= 0.6 is 0 Å². The number of nitrogens with two attached hydrogens (primary N) is 1. The standard InChI is InChI=1S/C10H19N5O2/c1-2-3-14(4-5-16)10(17)8-15-7-9(6-11)12-13-15/h7,16H,2-6,8,11H2,1H3. The molecule has 1 rings (SSSR count). The van der Waals surface area contributed by atoms with Gasteiger partial charge in [0.2, 0.25) is 5.91 Å². The van der Waals surface area contributed by atoms with Crippen molar-refractivity contribution in [3.8, 4) is 0 Å². The van der Waals surface area contributed by atoms with E-state index in [1.54, 1.807) is 11.1 Å². The molecule has 1 aromatic heterocycles. The summed E-state index contributed by atoms with van der Waals surface area (Å²) in [5, 5.41) is 16.5. The summed E-state index contributed by atoms with van der Waals surface area (Å²) in [5.74, 6) is -0.0747. The van der Waals surface area contributed by atoms with Crippen LogP contribution in [0.4, 0.5) is 0 Å². The molecule has 0 saturated heterocycles. The van der Waals surface area contributed by atoms with Crippen LogP contribution in [0.2, 0.25) is 0 Å². The summed E-state index contributed by atoms with van der Waals surface area (Å²) < 4.78 is 1.46. The Bertz CT molecular complexity index is 346. The fourth-order valence-corrected chi connectivity index (χ4v) is 1.50. The third-order valence-electron chi connectivity index (χ3n) is 2.31. The van der Waals surface area contributed by atoms with E-state index in [1.165, 1.54) is 4.68 Å². The average Bonchev–Trinajstić information content (AvgIpc) is 2.76. The lowest BCUT2D eigenvalue weighted by molar-refractivity contribution is -0.132. The van der Waals surface area contributed by atoms with Crippen molar-refractivity contribution < 1.29 is 9.90 Å². The topological polar surface area (TPSA) is 97.3 Å². The number of aliphatic hydroxyl groups is 1. The van der Waals surface area contributed by atoms with Crippen LogP contribution in [-0.4, -0.2) is 50.6 Å². The van der Waals surface area contributed by atoms with E-state index in [1.807, 2.05) is 6.92 Å². The highest BCUT2D eigenvalue weighted by atomic mass is 16.3. The SMILES string of the molecule is CCCN(CCO)C(=O)Cn1cc(CN)nn1. The summed E-state index contributed by atoms with van der Waals surface area (Å²) in [6.07, 6.45) is 2.51. The van der Waals surface area contributed by atoms with Crippen molar-refractivity contribution in [1.29, 1.82) is 0 Å². The molecule has 1 heterocycles. The first kappa shape index (κ1) is 13.6. The predicted octanol–water partition coefficient (Wildman–Crippen LogP) is -1.03. The van der Waals surface area contributed by atoms with Gasteiger partial charge in [-0.05, 0) is 6.42 Å². The van der Waals surface area contributed by atoms with Crippen molar-refractivity contribution in [1.82, 2.24) is 19.9 Å². The van der Waals surface area contributed by atoms with Crippen LogP contribution in [0, 0.1) is 0 Å². The zero-order valence-corrected chi connectivity index (χ0v) is 10.0. The van der Waals surface area contributed by atoms with Crippen LogP contribution in [0.3, 0.4) is 0 Å². The van der Waals surface area contributed by atoms with E-state index in [4.69, 9.17) is 10.8 Å². The van der Waals surface area contributed by atoms with Gasteiger partial charge < -0.3 is 15.7 Å². The van der Waals surface area contributed by atoms with Crippen molar-refractivity contribution in [2.45, 2.75) is 26.4 Å². The first-order valence-electron chi connectivity index (χ1n) is 5.69. The van der Waals surface area contributed by atoms with Gasteiger partial charge in [-0.25, -0.2) is 4.68 Å². The molecule has 0 aliphatic heterocycles. The third kappa shape index (κ3) is 4.12. The Labute approximate surface area is 100 Å². The van der Waals surface area contributed by atoms with Gasteiger partial charge in [-0.2, -0.15) is 0 Å². The molecule has 7 heteroatoms. The van der Waals surface area contributed by atoms with E-state index in [0.717, 1.165) is 6.42 Å². The van der Waals surface area contributed by atoms with Gasteiger partial charge in [-0.1, -0.05) is 12.1 Å². The third-order valence-corrected chi connectivity index (χ3v) is 2.31. The molecule has 0 unspecified atom stereocenters. The average molecular weight is 241 g/mol. The number of aliphatic hydroxyl groups excluding tert-OH is 1. The van der Waals surface area contributed by atoms with Gasteiger partial charge in [-0.3, -0.25) is 4.79 Å². The van der Waals surface area contributed by atoms with E-state index >= 15 is 0 Å². The Morgan fingerprint density at radius 3 is 2.88 bits per heavy atom. The summed E-state index contributed by atoms with van der Waals surface area (Å²) in [7, 11) is 0. The summed E-state index contributed by atoms with van der Waals surface area (Å²) in [6, 6.07) is 0. The van der Waals surface area contributed by atoms with Crippen LogP contribution in [0.1, 0.15) is 19.0 Å². The number of aromatic nitrogens is 3. The molecule has 1 aromatic rings. The van der Waals surface area contributed by atoms with Crippen molar-refractivity contribution in [3.63, 3.8) is 0 Å². The maximum absolute atomic E-state index is 11.9. The second-order valence-electron chi connectivity index (χ2n) is 3.72. The fourth-order valence-electron chi connectivity index (χ4n) is 1.50. The highest BCUT2D eigenvalue weighted by molar-refractivity contribution is 5.75. The highest BCUT2D eigenvalue weighted by Gasteiger charge is 2.13. The molecular formula is C10H19N5O2. The second kappa shape index (κ2) is 6.97. The van der Waals surface area contributed by atoms with Gasteiger partial charge in [-0.15, -0.1) is 5.10 Å². The molecule has 1 amide bonds. The van der Waals surface area contributed by atoms with E-state index in [9.17, 15) is 4.79 Å². The molecule has 96 valence electrons. The van der Waals surface area contributed by atoms with Crippen molar-refractivity contribution >= 4 is 5.91 Å². The molecular weight excluding hydrogens is 222 g/mol. The van der Waals surface area contributed by atoms with Gasteiger partial charge >= 0.3 is 0 Å². The molecule has 0 bridgehead atoms. The second-order valence-corrected chi connectivity index (χ2v) is 3.72. The molecule has 0 aliphatic carbocycles. The van der Waals surface area contributed by atoms with E-state index in [2.05, 4.69) is 10.3 Å². The summed E-state index contributed by atoms with van der Waals surface area (Å²) in [6.45, 7) is 3.39. The lowest BCUT2D eigenvalue weighted by Gasteiger charge is -2.20.